The van der Waals surface area contributed by atoms with Crippen LogP contribution in [0.4, 0.5) is 5.69 Å². The van der Waals surface area contributed by atoms with Crippen LogP contribution in [0.25, 0.3) is 0 Å². The first-order valence-corrected chi connectivity index (χ1v) is 6.05. The van der Waals surface area contributed by atoms with Crippen LogP contribution in [0.3, 0.4) is 0 Å². The summed E-state index contributed by atoms with van der Waals surface area (Å²) in [6, 6.07) is 4.51. The fraction of sp³-hybridized carbons (Fsp3) is 0.385. The zero-order valence-electron chi connectivity index (χ0n) is 10.6. The van der Waals surface area contributed by atoms with Crippen LogP contribution in [-0.2, 0) is 4.79 Å². The lowest BCUT2D eigenvalue weighted by Crippen LogP contribution is -2.40. The van der Waals surface area contributed by atoms with Gasteiger partial charge in [-0.25, -0.2) is 4.79 Å². The van der Waals surface area contributed by atoms with Crippen LogP contribution in [0.2, 0.25) is 0 Å². The monoisotopic (exact) mass is 264 g/mol. The van der Waals surface area contributed by atoms with E-state index in [4.69, 9.17) is 15.6 Å². The zero-order valence-corrected chi connectivity index (χ0v) is 10.6. The van der Waals surface area contributed by atoms with Gasteiger partial charge in [-0.15, -0.1) is 0 Å². The molecule has 0 aromatic heterocycles. The summed E-state index contributed by atoms with van der Waals surface area (Å²) >= 11 is 0. The second-order valence-electron chi connectivity index (χ2n) is 4.53. The van der Waals surface area contributed by atoms with Gasteiger partial charge in [0, 0.05) is 12.5 Å². The number of nitrogens with zero attached hydrogens (tertiary/aromatic N) is 1. The lowest BCUT2D eigenvalue weighted by atomic mass is 10.1. The van der Waals surface area contributed by atoms with Gasteiger partial charge in [0.15, 0.2) is 5.75 Å². The summed E-state index contributed by atoms with van der Waals surface area (Å²) in [6.45, 7) is 2.44. The van der Waals surface area contributed by atoms with Crippen LogP contribution in [0.1, 0.15) is 23.7 Å². The van der Waals surface area contributed by atoms with Crippen LogP contribution in [-0.4, -0.2) is 36.2 Å². The first-order valence-electron chi connectivity index (χ1n) is 6.05. The minimum absolute atomic E-state index is 0.0656. The van der Waals surface area contributed by atoms with Gasteiger partial charge >= 0.3 is 5.97 Å². The molecule has 2 rings (SSSR count). The fourth-order valence-electron chi connectivity index (χ4n) is 2.06. The van der Waals surface area contributed by atoms with Gasteiger partial charge in [0.2, 0.25) is 5.91 Å². The van der Waals surface area contributed by atoms with Gasteiger partial charge in [0.25, 0.3) is 0 Å². The highest BCUT2D eigenvalue weighted by molar-refractivity contribution is 6.00. The first kappa shape index (κ1) is 13.4. The molecule has 0 saturated heterocycles. The predicted octanol–water partition coefficient (Wildman–Crippen LogP) is 0.847. The van der Waals surface area contributed by atoms with Crippen molar-refractivity contribution < 1.29 is 19.4 Å². The molecule has 1 atom stereocenters. The number of nitrogens with two attached hydrogens (primary N) is 1. The lowest BCUT2D eigenvalue weighted by Gasteiger charge is -2.30. The maximum absolute atomic E-state index is 12.1. The second kappa shape index (κ2) is 5.27. The molecule has 0 aliphatic carbocycles. The fourth-order valence-corrected chi connectivity index (χ4v) is 2.06. The number of carboxylic acid groups (broad SMARTS) is 1. The number of fused-ring (bicyclic) bond motifs is 1. The number of para-hydroxylation sites is 1. The van der Waals surface area contributed by atoms with E-state index in [-0.39, 0.29) is 36.3 Å². The minimum Gasteiger partial charge on any atom is -0.489 e. The van der Waals surface area contributed by atoms with Crippen molar-refractivity contribution in [2.45, 2.75) is 19.4 Å². The Morgan fingerprint density at radius 2 is 2.26 bits per heavy atom. The van der Waals surface area contributed by atoms with E-state index in [9.17, 15) is 9.59 Å². The molecule has 1 amide bonds. The van der Waals surface area contributed by atoms with Crippen molar-refractivity contribution in [2.24, 2.45) is 5.73 Å². The van der Waals surface area contributed by atoms with Gasteiger partial charge in [0.1, 0.15) is 12.2 Å². The van der Waals surface area contributed by atoms with E-state index in [1.165, 1.54) is 11.0 Å². The van der Waals surface area contributed by atoms with E-state index in [1.807, 2.05) is 0 Å². The molecule has 1 aliphatic heterocycles. The number of carbonyl (C=O) groups is 2. The van der Waals surface area contributed by atoms with Crippen molar-refractivity contribution >= 4 is 17.6 Å². The van der Waals surface area contributed by atoms with Crippen LogP contribution in [0, 0.1) is 0 Å². The number of hydrogen-bond donors (Lipinski definition) is 2. The molecule has 6 heteroatoms. The summed E-state index contributed by atoms with van der Waals surface area (Å²) in [5.41, 5.74) is 6.19. The highest BCUT2D eigenvalue weighted by Crippen LogP contribution is 2.35. The molecule has 0 bridgehead atoms. The van der Waals surface area contributed by atoms with E-state index in [2.05, 4.69) is 0 Å². The smallest absolute Gasteiger partial charge is 0.339 e. The van der Waals surface area contributed by atoms with E-state index < -0.39 is 5.97 Å². The van der Waals surface area contributed by atoms with Crippen molar-refractivity contribution in [1.29, 1.82) is 0 Å². The van der Waals surface area contributed by atoms with Crippen LogP contribution in [0.5, 0.6) is 5.75 Å². The van der Waals surface area contributed by atoms with Crippen LogP contribution in [0.15, 0.2) is 18.2 Å². The Morgan fingerprint density at radius 3 is 2.89 bits per heavy atom. The number of ether oxygens (including phenoxy) is 1. The summed E-state index contributed by atoms with van der Waals surface area (Å²) in [5, 5.41) is 9.11. The number of benzene rings is 1. The molecule has 1 unspecified atom stereocenters. The Bertz CT molecular complexity index is 513. The molecule has 0 radical (unpaired) electrons. The molecule has 0 spiro atoms. The van der Waals surface area contributed by atoms with Crippen molar-refractivity contribution in [3.05, 3.63) is 23.8 Å². The Labute approximate surface area is 110 Å². The molecule has 1 aromatic rings. The van der Waals surface area contributed by atoms with Crippen molar-refractivity contribution in [3.8, 4) is 5.75 Å². The molecule has 0 saturated carbocycles. The Morgan fingerprint density at radius 1 is 1.53 bits per heavy atom. The summed E-state index contributed by atoms with van der Waals surface area (Å²) in [4.78, 5) is 24.8. The molecule has 102 valence electrons. The number of carbonyl (C=O) groups excluding carboxylic acids is 1. The third kappa shape index (κ3) is 2.68. The number of aromatic carboxylic acids is 1. The number of anilines is 1. The molecule has 6 nitrogen and oxygen atoms in total. The number of amides is 1. The Balaban J connectivity index is 2.37. The number of carboxylic acids is 1. The average molecular weight is 264 g/mol. The van der Waals surface area contributed by atoms with Gasteiger partial charge in [-0.3, -0.25) is 4.79 Å². The molecular weight excluding hydrogens is 248 g/mol. The third-order valence-corrected chi connectivity index (χ3v) is 2.87. The highest BCUT2D eigenvalue weighted by atomic mass is 16.5. The topological polar surface area (TPSA) is 92.9 Å². The minimum atomic E-state index is -1.07. The van der Waals surface area contributed by atoms with Gasteiger partial charge in [-0.2, -0.15) is 0 Å². The standard InChI is InChI=1S/C13H16N2O4/c1-8(14)7-11(16)15-5-6-19-12-9(13(17)18)3-2-4-10(12)15/h2-4,8H,5-7,14H2,1H3,(H,17,18). The average Bonchev–Trinajstić information content (AvgIpc) is 2.36. The molecule has 3 N–H and O–H groups in total. The maximum atomic E-state index is 12.1. The van der Waals surface area contributed by atoms with Gasteiger partial charge in [0.05, 0.1) is 12.2 Å². The third-order valence-electron chi connectivity index (χ3n) is 2.87. The predicted molar refractivity (Wildman–Crippen MR) is 69.5 cm³/mol. The Kier molecular flexibility index (Phi) is 3.71. The highest BCUT2D eigenvalue weighted by Gasteiger charge is 2.27. The van der Waals surface area contributed by atoms with E-state index in [0.717, 1.165) is 0 Å². The number of hydrogen-bond acceptors (Lipinski definition) is 4. The van der Waals surface area contributed by atoms with Gasteiger partial charge in [-0.05, 0) is 19.1 Å². The van der Waals surface area contributed by atoms with Gasteiger partial charge < -0.3 is 20.5 Å². The quantitative estimate of drug-likeness (QED) is 0.844. The maximum Gasteiger partial charge on any atom is 0.339 e. The molecule has 19 heavy (non-hydrogen) atoms. The SMILES string of the molecule is CC(N)CC(=O)N1CCOc2c(C(=O)O)cccc21. The molecule has 0 fully saturated rings. The molecule has 1 heterocycles. The van der Waals surface area contributed by atoms with Crippen molar-refractivity contribution in [2.75, 3.05) is 18.1 Å². The summed E-state index contributed by atoms with van der Waals surface area (Å²) < 4.78 is 5.40. The van der Waals surface area contributed by atoms with Crippen molar-refractivity contribution in [3.63, 3.8) is 0 Å². The first-order chi connectivity index (χ1) is 9.00. The normalized spacial score (nSPS) is 15.4. The summed E-state index contributed by atoms with van der Waals surface area (Å²) in [7, 11) is 0. The molecular formula is C13H16N2O4. The van der Waals surface area contributed by atoms with E-state index >= 15 is 0 Å². The van der Waals surface area contributed by atoms with Crippen LogP contribution >= 0.6 is 0 Å². The van der Waals surface area contributed by atoms with E-state index in [0.29, 0.717) is 12.2 Å². The van der Waals surface area contributed by atoms with Gasteiger partial charge in [-0.1, -0.05) is 6.07 Å². The van der Waals surface area contributed by atoms with Crippen molar-refractivity contribution in [1.82, 2.24) is 0 Å². The lowest BCUT2D eigenvalue weighted by molar-refractivity contribution is -0.119. The van der Waals surface area contributed by atoms with Crippen LogP contribution < -0.4 is 15.4 Å². The molecule has 1 aromatic carbocycles. The van der Waals surface area contributed by atoms with E-state index in [1.54, 1.807) is 19.1 Å². The molecule has 1 aliphatic rings. The largest absolute Gasteiger partial charge is 0.489 e. The number of rotatable bonds is 3. The second-order valence-corrected chi connectivity index (χ2v) is 4.53. The summed E-state index contributed by atoms with van der Waals surface area (Å²) in [5.74, 6) is -0.945. The summed E-state index contributed by atoms with van der Waals surface area (Å²) in [6.07, 6.45) is 0.219. The Hall–Kier alpha value is -2.08. The zero-order chi connectivity index (χ0) is 14.0.